The molecule has 1 atom stereocenters. The summed E-state index contributed by atoms with van der Waals surface area (Å²) >= 11 is 0. The fourth-order valence-corrected chi connectivity index (χ4v) is 3.59. The lowest BCUT2D eigenvalue weighted by atomic mass is 10.1. The first-order chi connectivity index (χ1) is 15.0. The molecule has 1 aliphatic rings. The molecule has 1 saturated heterocycles. The van der Waals surface area contributed by atoms with Crippen molar-refractivity contribution in [3.8, 4) is 17.1 Å². The topological polar surface area (TPSA) is 71.7 Å². The summed E-state index contributed by atoms with van der Waals surface area (Å²) in [5.41, 5.74) is 1.01. The normalized spacial score (nSPS) is 15.8. The highest BCUT2D eigenvalue weighted by Gasteiger charge is 2.29. The zero-order chi connectivity index (χ0) is 21.8. The zero-order valence-corrected chi connectivity index (χ0v) is 16.9. The summed E-state index contributed by atoms with van der Waals surface area (Å²) in [5.74, 6) is 0.603. The number of nitrogens with zero attached hydrogens (tertiary/aromatic N) is 4. The highest BCUT2D eigenvalue weighted by Crippen LogP contribution is 2.26. The third-order valence-corrected chi connectivity index (χ3v) is 5.31. The predicted octanol–water partition coefficient (Wildman–Crippen LogP) is 3.86. The van der Waals surface area contributed by atoms with Crippen LogP contribution in [0.5, 0.6) is 5.75 Å². The van der Waals surface area contributed by atoms with Crippen molar-refractivity contribution in [3.63, 3.8) is 0 Å². The lowest BCUT2D eigenvalue weighted by Crippen LogP contribution is -2.49. The van der Waals surface area contributed by atoms with E-state index in [1.165, 1.54) is 12.1 Å². The van der Waals surface area contributed by atoms with E-state index in [0.29, 0.717) is 37.9 Å². The van der Waals surface area contributed by atoms with Crippen LogP contribution in [0.15, 0.2) is 59.1 Å². The van der Waals surface area contributed by atoms with Gasteiger partial charge in [-0.05, 0) is 19.1 Å². The average Bonchev–Trinajstić information content (AvgIpc) is 3.29. The van der Waals surface area contributed by atoms with Gasteiger partial charge in [-0.2, -0.15) is 13.8 Å². The van der Waals surface area contributed by atoms with Crippen LogP contribution in [-0.4, -0.2) is 58.6 Å². The van der Waals surface area contributed by atoms with E-state index in [2.05, 4.69) is 19.8 Å². The van der Waals surface area contributed by atoms with Gasteiger partial charge in [0.05, 0.1) is 11.6 Å². The van der Waals surface area contributed by atoms with Crippen molar-refractivity contribution in [1.82, 2.24) is 19.9 Å². The summed E-state index contributed by atoms with van der Waals surface area (Å²) in [6, 6.07) is 15.5. The average molecular weight is 428 g/mol. The predicted molar refractivity (Wildman–Crippen MR) is 109 cm³/mol. The van der Waals surface area contributed by atoms with Crippen molar-refractivity contribution in [3.05, 3.63) is 66.1 Å². The van der Waals surface area contributed by atoms with Crippen molar-refractivity contribution in [2.75, 3.05) is 26.2 Å². The number of aromatic nitrogens is 2. The maximum absolute atomic E-state index is 12.9. The van der Waals surface area contributed by atoms with E-state index in [9.17, 15) is 13.6 Å². The second-order valence-corrected chi connectivity index (χ2v) is 7.20. The van der Waals surface area contributed by atoms with Crippen LogP contribution in [0, 0.1) is 0 Å². The van der Waals surface area contributed by atoms with E-state index in [1.54, 1.807) is 17.0 Å². The van der Waals surface area contributed by atoms with Crippen LogP contribution in [-0.2, 0) is 0 Å². The van der Waals surface area contributed by atoms with Gasteiger partial charge in [0.25, 0.3) is 5.91 Å². The van der Waals surface area contributed by atoms with Crippen LogP contribution in [0.3, 0.4) is 0 Å². The van der Waals surface area contributed by atoms with E-state index in [4.69, 9.17) is 4.52 Å². The lowest BCUT2D eigenvalue weighted by molar-refractivity contribution is -0.0503. The summed E-state index contributed by atoms with van der Waals surface area (Å²) in [7, 11) is 0. The molecule has 2 heterocycles. The second-order valence-electron chi connectivity index (χ2n) is 7.20. The molecular formula is C22H22F2N4O3. The number of alkyl halides is 2. The van der Waals surface area contributed by atoms with Gasteiger partial charge in [-0.25, -0.2) is 0 Å². The minimum absolute atomic E-state index is 0.113. The molecule has 0 aliphatic carbocycles. The Kier molecular flexibility index (Phi) is 6.22. The quantitative estimate of drug-likeness (QED) is 0.594. The number of hydrogen-bond donors (Lipinski definition) is 0. The first-order valence-electron chi connectivity index (χ1n) is 9.99. The number of benzene rings is 2. The molecule has 1 aliphatic heterocycles. The number of ether oxygens (including phenoxy) is 1. The van der Waals surface area contributed by atoms with Crippen molar-refractivity contribution in [2.45, 2.75) is 19.6 Å². The third kappa shape index (κ3) is 4.72. The molecule has 0 bridgehead atoms. The molecule has 0 saturated carbocycles. The minimum atomic E-state index is -2.98. The van der Waals surface area contributed by atoms with Gasteiger partial charge in [0.15, 0.2) is 0 Å². The first-order valence-corrected chi connectivity index (χ1v) is 9.99. The molecule has 4 rings (SSSR count). The van der Waals surface area contributed by atoms with Crippen molar-refractivity contribution in [2.24, 2.45) is 0 Å². The monoisotopic (exact) mass is 428 g/mol. The molecule has 0 N–H and O–H groups in total. The summed E-state index contributed by atoms with van der Waals surface area (Å²) in [6.45, 7) is 1.08. The molecule has 31 heavy (non-hydrogen) atoms. The Bertz CT molecular complexity index is 1020. The van der Waals surface area contributed by atoms with Gasteiger partial charge in [0.1, 0.15) is 5.75 Å². The Labute approximate surface area is 178 Å². The molecular weight excluding hydrogens is 406 g/mol. The number of halogens is 2. The lowest BCUT2D eigenvalue weighted by Gasteiger charge is -2.37. The van der Waals surface area contributed by atoms with E-state index in [-0.39, 0.29) is 23.3 Å². The molecule has 1 amide bonds. The standard InChI is InChI=1S/C22H22F2N4O3/c1-15(20-25-19(26-31-20)16-7-3-2-4-8-16)27-11-13-28(14-12-27)21(29)17-9-5-6-10-18(17)30-22(23)24/h2-10,15,22H,11-14H2,1H3. The molecule has 1 fully saturated rings. The highest BCUT2D eigenvalue weighted by molar-refractivity contribution is 5.97. The molecule has 1 aromatic heterocycles. The van der Waals surface area contributed by atoms with Crippen LogP contribution in [0.25, 0.3) is 11.4 Å². The van der Waals surface area contributed by atoms with Crippen LogP contribution < -0.4 is 4.74 Å². The van der Waals surface area contributed by atoms with Gasteiger partial charge in [-0.3, -0.25) is 9.69 Å². The SMILES string of the molecule is CC(c1nc(-c2ccccc2)no1)N1CCN(C(=O)c2ccccc2OC(F)F)CC1. The largest absolute Gasteiger partial charge is 0.434 e. The van der Waals surface area contributed by atoms with Crippen LogP contribution in [0.1, 0.15) is 29.2 Å². The Morgan fingerprint density at radius 1 is 1.03 bits per heavy atom. The zero-order valence-electron chi connectivity index (χ0n) is 16.9. The Hall–Kier alpha value is -3.33. The Morgan fingerprint density at radius 2 is 1.71 bits per heavy atom. The molecule has 7 nitrogen and oxygen atoms in total. The van der Waals surface area contributed by atoms with Gasteiger partial charge in [0.2, 0.25) is 11.7 Å². The van der Waals surface area contributed by atoms with E-state index in [0.717, 1.165) is 5.56 Å². The fraction of sp³-hybridized carbons (Fsp3) is 0.318. The van der Waals surface area contributed by atoms with Crippen molar-refractivity contribution >= 4 is 5.91 Å². The number of para-hydroxylation sites is 1. The van der Waals surface area contributed by atoms with Crippen LogP contribution in [0.4, 0.5) is 8.78 Å². The van der Waals surface area contributed by atoms with Gasteiger partial charge in [-0.15, -0.1) is 0 Å². The number of rotatable bonds is 6. The molecule has 0 radical (unpaired) electrons. The summed E-state index contributed by atoms with van der Waals surface area (Å²) in [5, 5.41) is 4.07. The van der Waals surface area contributed by atoms with E-state index >= 15 is 0 Å². The molecule has 9 heteroatoms. The summed E-state index contributed by atoms with van der Waals surface area (Å²) < 4.78 is 35.2. The maximum Gasteiger partial charge on any atom is 0.387 e. The van der Waals surface area contributed by atoms with Crippen molar-refractivity contribution < 1.29 is 22.8 Å². The van der Waals surface area contributed by atoms with Gasteiger partial charge < -0.3 is 14.2 Å². The number of hydrogen-bond acceptors (Lipinski definition) is 6. The van der Waals surface area contributed by atoms with E-state index < -0.39 is 6.61 Å². The van der Waals surface area contributed by atoms with Gasteiger partial charge >= 0.3 is 6.61 Å². The highest BCUT2D eigenvalue weighted by atomic mass is 19.3. The Balaban J connectivity index is 1.39. The Morgan fingerprint density at radius 3 is 2.42 bits per heavy atom. The fourth-order valence-electron chi connectivity index (χ4n) is 3.59. The number of piperazine rings is 1. The third-order valence-electron chi connectivity index (χ3n) is 5.31. The molecule has 162 valence electrons. The second kappa shape index (κ2) is 9.22. The van der Waals surface area contributed by atoms with Crippen LogP contribution in [0.2, 0.25) is 0 Å². The number of carbonyl (C=O) groups excluding carboxylic acids is 1. The van der Waals surface area contributed by atoms with Crippen LogP contribution >= 0.6 is 0 Å². The van der Waals surface area contributed by atoms with E-state index in [1.807, 2.05) is 37.3 Å². The number of carbonyl (C=O) groups is 1. The maximum atomic E-state index is 12.9. The molecule has 1 unspecified atom stereocenters. The number of amides is 1. The molecule has 2 aromatic carbocycles. The summed E-state index contributed by atoms with van der Waals surface area (Å²) in [4.78, 5) is 21.1. The smallest absolute Gasteiger partial charge is 0.387 e. The molecule has 3 aromatic rings. The summed E-state index contributed by atoms with van der Waals surface area (Å²) in [6.07, 6.45) is 0. The van der Waals surface area contributed by atoms with Gasteiger partial charge in [-0.1, -0.05) is 47.6 Å². The first kappa shape index (κ1) is 20.9. The molecule has 0 spiro atoms. The minimum Gasteiger partial charge on any atom is -0.434 e. The van der Waals surface area contributed by atoms with Crippen molar-refractivity contribution in [1.29, 1.82) is 0 Å². The van der Waals surface area contributed by atoms with Gasteiger partial charge in [0, 0.05) is 31.7 Å².